The number of amides is 2. The Bertz CT molecular complexity index is 961. The van der Waals surface area contributed by atoms with Gasteiger partial charge in [0, 0.05) is 25.6 Å². The van der Waals surface area contributed by atoms with E-state index < -0.39 is 30.1 Å². The Morgan fingerprint density at radius 3 is 2.56 bits per heavy atom. The fourth-order valence-electron chi connectivity index (χ4n) is 3.32. The van der Waals surface area contributed by atoms with Gasteiger partial charge in [-0.2, -0.15) is 11.3 Å². The zero-order valence-electron chi connectivity index (χ0n) is 17.4. The number of halogens is 1. The molecule has 1 aromatic heterocycles. The predicted molar refractivity (Wildman–Crippen MR) is 123 cm³/mol. The van der Waals surface area contributed by atoms with E-state index in [-0.39, 0.29) is 5.91 Å². The molecule has 1 aliphatic heterocycles. The number of hydrogen-bond acceptors (Lipinski definition) is 8. The number of methoxy groups -OCH3 is 1. The van der Waals surface area contributed by atoms with Crippen LogP contribution >= 0.6 is 34.7 Å². The van der Waals surface area contributed by atoms with Crippen LogP contribution in [0.3, 0.4) is 0 Å². The lowest BCUT2D eigenvalue weighted by molar-refractivity contribution is -0.147. The zero-order valence-corrected chi connectivity index (χ0v) is 19.7. The summed E-state index contributed by atoms with van der Waals surface area (Å²) >= 11 is 8.77. The number of benzene rings is 1. The first kappa shape index (κ1) is 24.5. The molecule has 1 unspecified atom stereocenters. The molecule has 1 atom stereocenters. The largest absolute Gasteiger partial charge is 0.467 e. The molecular formula is C21H24ClN3O5S2. The SMILES string of the molecule is COC(=O)C(CO)NC(=O)C1(NC(=O)c2cscc2Sc2ccc(Cl)cc2)CCNCC1. The highest BCUT2D eigenvalue weighted by Gasteiger charge is 2.43. The molecule has 32 heavy (non-hydrogen) atoms. The van der Waals surface area contributed by atoms with Gasteiger partial charge in [-0.3, -0.25) is 9.59 Å². The number of thiophene rings is 1. The molecule has 4 N–H and O–H groups in total. The number of esters is 1. The van der Waals surface area contributed by atoms with E-state index >= 15 is 0 Å². The van der Waals surface area contributed by atoms with Gasteiger partial charge in [0.25, 0.3) is 5.91 Å². The number of nitrogens with one attached hydrogen (secondary N) is 3. The first-order valence-electron chi connectivity index (χ1n) is 9.91. The molecule has 8 nitrogen and oxygen atoms in total. The molecule has 2 amide bonds. The second kappa shape index (κ2) is 11.2. The highest BCUT2D eigenvalue weighted by molar-refractivity contribution is 7.99. The van der Waals surface area contributed by atoms with Crippen LogP contribution in [-0.4, -0.2) is 61.3 Å². The van der Waals surface area contributed by atoms with Gasteiger partial charge >= 0.3 is 5.97 Å². The Kier molecular flexibility index (Phi) is 8.55. The summed E-state index contributed by atoms with van der Waals surface area (Å²) in [5.41, 5.74) is -0.749. The van der Waals surface area contributed by atoms with E-state index in [0.717, 1.165) is 9.79 Å². The van der Waals surface area contributed by atoms with Crippen molar-refractivity contribution in [1.82, 2.24) is 16.0 Å². The van der Waals surface area contributed by atoms with E-state index in [2.05, 4.69) is 20.7 Å². The highest BCUT2D eigenvalue weighted by Crippen LogP contribution is 2.34. The van der Waals surface area contributed by atoms with Gasteiger partial charge in [-0.05, 0) is 50.2 Å². The molecule has 11 heteroatoms. The normalized spacial score (nSPS) is 16.1. The van der Waals surface area contributed by atoms with Crippen LogP contribution in [0.2, 0.25) is 5.02 Å². The van der Waals surface area contributed by atoms with Crippen LogP contribution in [0.1, 0.15) is 23.2 Å². The monoisotopic (exact) mass is 497 g/mol. The van der Waals surface area contributed by atoms with Gasteiger partial charge in [0.1, 0.15) is 5.54 Å². The van der Waals surface area contributed by atoms with Gasteiger partial charge < -0.3 is 25.8 Å². The van der Waals surface area contributed by atoms with Crippen molar-refractivity contribution in [3.05, 3.63) is 45.6 Å². The van der Waals surface area contributed by atoms with Gasteiger partial charge in [0.05, 0.1) is 19.3 Å². The van der Waals surface area contributed by atoms with Gasteiger partial charge in [-0.25, -0.2) is 4.79 Å². The maximum absolute atomic E-state index is 13.2. The molecule has 0 aliphatic carbocycles. The summed E-state index contributed by atoms with van der Waals surface area (Å²) in [5.74, 6) is -1.66. The number of carbonyl (C=O) groups is 3. The molecule has 1 aromatic carbocycles. The molecule has 1 saturated heterocycles. The summed E-state index contributed by atoms with van der Waals surface area (Å²) in [6, 6.07) is 6.10. The number of ether oxygens (including phenoxy) is 1. The number of hydrogen-bond donors (Lipinski definition) is 4. The van der Waals surface area contributed by atoms with Crippen LogP contribution in [0.25, 0.3) is 0 Å². The fraction of sp³-hybridized carbons (Fsp3) is 0.381. The minimum atomic E-state index is -1.21. The molecule has 0 spiro atoms. The lowest BCUT2D eigenvalue weighted by Crippen LogP contribution is -2.65. The molecule has 0 saturated carbocycles. The number of aliphatic hydroxyl groups is 1. The predicted octanol–water partition coefficient (Wildman–Crippen LogP) is 2.05. The third-order valence-corrected chi connectivity index (χ3v) is 7.34. The minimum Gasteiger partial charge on any atom is -0.467 e. The maximum atomic E-state index is 13.2. The Morgan fingerprint density at radius 1 is 1.25 bits per heavy atom. The first-order valence-corrected chi connectivity index (χ1v) is 12.0. The van der Waals surface area contributed by atoms with Crippen LogP contribution < -0.4 is 16.0 Å². The van der Waals surface area contributed by atoms with Gasteiger partial charge in [-0.15, -0.1) is 0 Å². The van der Waals surface area contributed by atoms with E-state index in [1.807, 2.05) is 17.5 Å². The summed E-state index contributed by atoms with van der Waals surface area (Å²) in [5, 5.41) is 22.3. The first-order chi connectivity index (χ1) is 15.4. The second-order valence-electron chi connectivity index (χ2n) is 7.22. The van der Waals surface area contributed by atoms with Crippen molar-refractivity contribution in [2.45, 2.75) is 34.2 Å². The topological polar surface area (TPSA) is 117 Å². The summed E-state index contributed by atoms with van der Waals surface area (Å²) < 4.78 is 4.62. The van der Waals surface area contributed by atoms with Crippen LogP contribution in [0, 0.1) is 0 Å². The van der Waals surface area contributed by atoms with E-state index in [1.54, 1.807) is 17.5 Å². The summed E-state index contributed by atoms with van der Waals surface area (Å²) in [6.07, 6.45) is 0.682. The van der Waals surface area contributed by atoms with Crippen molar-refractivity contribution >= 4 is 52.5 Å². The number of aliphatic hydroxyl groups excluding tert-OH is 1. The van der Waals surface area contributed by atoms with E-state index in [9.17, 15) is 19.5 Å². The van der Waals surface area contributed by atoms with Crippen molar-refractivity contribution < 1.29 is 24.2 Å². The number of rotatable bonds is 8. The van der Waals surface area contributed by atoms with E-state index in [0.29, 0.717) is 36.5 Å². The van der Waals surface area contributed by atoms with E-state index in [4.69, 9.17) is 11.6 Å². The lowest BCUT2D eigenvalue weighted by atomic mass is 9.86. The molecule has 0 bridgehead atoms. The zero-order chi connectivity index (χ0) is 23.1. The Balaban J connectivity index is 1.78. The quantitative estimate of drug-likeness (QED) is 0.412. The summed E-state index contributed by atoms with van der Waals surface area (Å²) in [6.45, 7) is 0.435. The van der Waals surface area contributed by atoms with Crippen molar-refractivity contribution in [2.24, 2.45) is 0 Å². The Hall–Kier alpha value is -2.11. The molecule has 1 fully saturated rings. The van der Waals surface area contributed by atoms with Crippen molar-refractivity contribution in [3.8, 4) is 0 Å². The standard InChI is InChI=1S/C21H24ClN3O5S2/c1-30-19(28)16(10-26)24-20(29)21(6-8-23-9-7-21)25-18(27)15-11-31-12-17(15)32-14-4-2-13(22)3-5-14/h2-5,11-12,16,23,26H,6-10H2,1H3,(H,24,29)(H,25,27). The van der Waals surface area contributed by atoms with Gasteiger partial charge in [-0.1, -0.05) is 23.4 Å². The van der Waals surface area contributed by atoms with Crippen molar-refractivity contribution in [2.75, 3.05) is 26.8 Å². The molecule has 0 radical (unpaired) electrons. The number of piperidine rings is 1. The highest BCUT2D eigenvalue weighted by atomic mass is 35.5. The van der Waals surface area contributed by atoms with Gasteiger partial charge in [0.2, 0.25) is 5.91 Å². The molecule has 3 rings (SSSR count). The molecule has 2 aromatic rings. The van der Waals surface area contributed by atoms with E-state index in [1.165, 1.54) is 30.2 Å². The average molecular weight is 498 g/mol. The maximum Gasteiger partial charge on any atom is 0.330 e. The Labute approximate surface area is 199 Å². The summed E-state index contributed by atoms with van der Waals surface area (Å²) in [7, 11) is 1.18. The average Bonchev–Trinajstić information content (AvgIpc) is 3.27. The molecular weight excluding hydrogens is 474 g/mol. The van der Waals surface area contributed by atoms with Crippen molar-refractivity contribution in [3.63, 3.8) is 0 Å². The third-order valence-electron chi connectivity index (χ3n) is 5.13. The molecule has 2 heterocycles. The second-order valence-corrected chi connectivity index (χ2v) is 9.52. The Morgan fingerprint density at radius 2 is 1.94 bits per heavy atom. The third kappa shape index (κ3) is 5.81. The van der Waals surface area contributed by atoms with Gasteiger partial charge in [0.15, 0.2) is 6.04 Å². The fourth-order valence-corrected chi connectivity index (χ4v) is 5.36. The minimum absolute atomic E-state index is 0.341. The van der Waals surface area contributed by atoms with Crippen LogP contribution in [0.15, 0.2) is 44.8 Å². The lowest BCUT2D eigenvalue weighted by Gasteiger charge is -2.37. The van der Waals surface area contributed by atoms with Crippen LogP contribution in [0.4, 0.5) is 0 Å². The molecule has 172 valence electrons. The van der Waals surface area contributed by atoms with Crippen LogP contribution in [-0.2, 0) is 14.3 Å². The van der Waals surface area contributed by atoms with Crippen molar-refractivity contribution in [1.29, 1.82) is 0 Å². The number of carbonyl (C=O) groups excluding carboxylic acids is 3. The molecule has 1 aliphatic rings. The van der Waals surface area contributed by atoms with Crippen LogP contribution in [0.5, 0.6) is 0 Å². The smallest absolute Gasteiger partial charge is 0.330 e. The summed E-state index contributed by atoms with van der Waals surface area (Å²) in [4.78, 5) is 39.9.